The predicted octanol–water partition coefficient (Wildman–Crippen LogP) is 3.47. The molecular weight excluding hydrogens is 228 g/mol. The van der Waals surface area contributed by atoms with Crippen molar-refractivity contribution in [1.82, 2.24) is 0 Å². The summed E-state index contributed by atoms with van der Waals surface area (Å²) in [5, 5.41) is 0. The Morgan fingerprint density at radius 3 is 1.44 bits per heavy atom. The van der Waals surface area contributed by atoms with E-state index in [0.717, 1.165) is 26.4 Å². The fraction of sp³-hybridized carbons (Fsp3) is 1.00. The summed E-state index contributed by atoms with van der Waals surface area (Å²) in [5.74, 6) is 0. The molecule has 0 aromatic heterocycles. The van der Waals surface area contributed by atoms with Gasteiger partial charge in [0.1, 0.15) is 0 Å². The average molecular weight is 258 g/mol. The summed E-state index contributed by atoms with van der Waals surface area (Å²) in [4.78, 5) is 0. The molecular formula is C15H30O3. The Balaban J connectivity index is 0.000000180. The lowest BCUT2D eigenvalue weighted by Gasteiger charge is -2.48. The van der Waals surface area contributed by atoms with Crippen molar-refractivity contribution in [3.63, 3.8) is 0 Å². The molecule has 108 valence electrons. The van der Waals surface area contributed by atoms with E-state index in [4.69, 9.17) is 14.2 Å². The Hall–Kier alpha value is -0.120. The Morgan fingerprint density at radius 1 is 0.889 bits per heavy atom. The minimum absolute atomic E-state index is 0.0116. The average Bonchev–Trinajstić information content (AvgIpc) is 2.65. The number of ether oxygens (including phenoxy) is 3. The van der Waals surface area contributed by atoms with Gasteiger partial charge in [0.15, 0.2) is 6.29 Å². The van der Waals surface area contributed by atoms with Crippen molar-refractivity contribution < 1.29 is 14.2 Å². The van der Waals surface area contributed by atoms with Crippen LogP contribution in [0.4, 0.5) is 0 Å². The molecule has 0 aromatic rings. The zero-order valence-corrected chi connectivity index (χ0v) is 13.1. The third kappa shape index (κ3) is 3.94. The summed E-state index contributed by atoms with van der Waals surface area (Å²) in [7, 11) is 0. The van der Waals surface area contributed by atoms with Crippen LogP contribution in [0.1, 0.15) is 48.5 Å². The molecule has 0 unspecified atom stereocenters. The highest BCUT2D eigenvalue weighted by Crippen LogP contribution is 2.43. The van der Waals surface area contributed by atoms with Gasteiger partial charge in [-0.1, -0.05) is 48.5 Å². The van der Waals surface area contributed by atoms with Crippen LogP contribution in [0.15, 0.2) is 0 Å². The smallest absolute Gasteiger partial charge is 0.162 e. The van der Waals surface area contributed by atoms with E-state index in [0.29, 0.717) is 10.8 Å². The van der Waals surface area contributed by atoms with Crippen molar-refractivity contribution in [3.05, 3.63) is 0 Å². The van der Waals surface area contributed by atoms with Crippen molar-refractivity contribution in [2.45, 2.75) is 54.8 Å². The van der Waals surface area contributed by atoms with E-state index >= 15 is 0 Å². The molecule has 0 aliphatic carbocycles. The SMILES string of the molecule is CC(C)(C)C1(C)COC1.CC(C)(C)C1OCCO1. The number of rotatable bonds is 0. The minimum Gasteiger partial charge on any atom is -0.380 e. The molecule has 18 heavy (non-hydrogen) atoms. The molecule has 0 spiro atoms. The maximum absolute atomic E-state index is 5.30. The van der Waals surface area contributed by atoms with Crippen LogP contribution >= 0.6 is 0 Å². The first-order valence-electron chi connectivity index (χ1n) is 6.87. The third-order valence-electron chi connectivity index (χ3n) is 3.98. The summed E-state index contributed by atoms with van der Waals surface area (Å²) in [6.45, 7) is 18.8. The van der Waals surface area contributed by atoms with Crippen LogP contribution in [0.5, 0.6) is 0 Å². The molecule has 2 rings (SSSR count). The van der Waals surface area contributed by atoms with Crippen LogP contribution in [0, 0.1) is 16.2 Å². The van der Waals surface area contributed by atoms with E-state index < -0.39 is 0 Å². The van der Waals surface area contributed by atoms with Crippen LogP contribution in [0.25, 0.3) is 0 Å². The van der Waals surface area contributed by atoms with Gasteiger partial charge in [0.05, 0.1) is 26.4 Å². The summed E-state index contributed by atoms with van der Waals surface area (Å²) in [6.07, 6.45) is 0.0116. The van der Waals surface area contributed by atoms with Crippen molar-refractivity contribution in [2.24, 2.45) is 16.2 Å². The fourth-order valence-electron chi connectivity index (χ4n) is 1.70. The van der Waals surface area contributed by atoms with Crippen molar-refractivity contribution in [3.8, 4) is 0 Å². The van der Waals surface area contributed by atoms with Gasteiger partial charge in [-0.2, -0.15) is 0 Å². The van der Waals surface area contributed by atoms with E-state index in [1.807, 2.05) is 0 Å². The van der Waals surface area contributed by atoms with Gasteiger partial charge in [0, 0.05) is 10.8 Å². The van der Waals surface area contributed by atoms with Crippen molar-refractivity contribution >= 4 is 0 Å². The molecule has 2 fully saturated rings. The molecule has 0 saturated carbocycles. The lowest BCUT2D eigenvalue weighted by atomic mass is 9.67. The molecule has 3 nitrogen and oxygen atoms in total. The minimum atomic E-state index is 0.0116. The van der Waals surface area contributed by atoms with E-state index in [1.165, 1.54) is 0 Å². The summed E-state index contributed by atoms with van der Waals surface area (Å²) in [5.41, 5.74) is 0.981. The Labute approximate surface area is 112 Å². The van der Waals surface area contributed by atoms with Gasteiger partial charge in [0.25, 0.3) is 0 Å². The van der Waals surface area contributed by atoms with Crippen LogP contribution in [-0.4, -0.2) is 32.7 Å². The molecule has 0 aromatic carbocycles. The highest BCUT2D eigenvalue weighted by atomic mass is 16.7. The molecule has 0 amide bonds. The predicted molar refractivity (Wildman–Crippen MR) is 73.5 cm³/mol. The summed E-state index contributed by atoms with van der Waals surface area (Å²) in [6, 6.07) is 0. The number of hydrogen-bond donors (Lipinski definition) is 0. The van der Waals surface area contributed by atoms with Crippen LogP contribution in [0.2, 0.25) is 0 Å². The highest BCUT2D eigenvalue weighted by Gasteiger charge is 2.43. The zero-order chi connectivity index (χ0) is 14.0. The Bertz CT molecular complexity index is 250. The standard InChI is InChI=1S/C8H16O.C7H14O2/c1-7(2,3)8(4)5-9-6-8;1-7(2,3)6-8-4-5-9-6/h5-6H2,1-4H3;6H,4-5H2,1-3H3. The molecule has 0 atom stereocenters. The second kappa shape index (κ2) is 5.48. The molecule has 0 radical (unpaired) electrons. The van der Waals surface area contributed by atoms with E-state index in [1.54, 1.807) is 0 Å². The second-order valence-electron chi connectivity index (χ2n) is 7.74. The molecule has 2 heterocycles. The monoisotopic (exact) mass is 258 g/mol. The van der Waals surface area contributed by atoms with Gasteiger partial charge in [-0.3, -0.25) is 0 Å². The van der Waals surface area contributed by atoms with Crippen LogP contribution in [0.3, 0.4) is 0 Å². The highest BCUT2D eigenvalue weighted by molar-refractivity contribution is 4.91. The van der Waals surface area contributed by atoms with Gasteiger partial charge < -0.3 is 14.2 Å². The first-order valence-corrected chi connectivity index (χ1v) is 6.87. The largest absolute Gasteiger partial charge is 0.380 e. The third-order valence-corrected chi connectivity index (χ3v) is 3.98. The molecule has 2 aliphatic rings. The van der Waals surface area contributed by atoms with E-state index in [2.05, 4.69) is 48.5 Å². The lowest BCUT2D eigenvalue weighted by molar-refractivity contribution is -0.158. The second-order valence-corrected chi connectivity index (χ2v) is 7.74. The zero-order valence-electron chi connectivity index (χ0n) is 13.1. The molecule has 3 heteroatoms. The topological polar surface area (TPSA) is 27.7 Å². The normalized spacial score (nSPS) is 24.2. The number of hydrogen-bond acceptors (Lipinski definition) is 3. The molecule has 2 saturated heterocycles. The molecule has 0 bridgehead atoms. The maximum Gasteiger partial charge on any atom is 0.162 e. The van der Waals surface area contributed by atoms with Gasteiger partial charge in [-0.15, -0.1) is 0 Å². The van der Waals surface area contributed by atoms with E-state index in [9.17, 15) is 0 Å². The van der Waals surface area contributed by atoms with Gasteiger partial charge in [-0.05, 0) is 5.41 Å². The molecule has 0 N–H and O–H groups in total. The first-order chi connectivity index (χ1) is 8.06. The Morgan fingerprint density at radius 2 is 1.33 bits per heavy atom. The van der Waals surface area contributed by atoms with Gasteiger partial charge in [-0.25, -0.2) is 0 Å². The van der Waals surface area contributed by atoms with Crippen LogP contribution in [-0.2, 0) is 14.2 Å². The quantitative estimate of drug-likeness (QED) is 0.666. The van der Waals surface area contributed by atoms with Crippen LogP contribution < -0.4 is 0 Å². The van der Waals surface area contributed by atoms with Gasteiger partial charge in [0.2, 0.25) is 0 Å². The van der Waals surface area contributed by atoms with Crippen molar-refractivity contribution in [2.75, 3.05) is 26.4 Å². The summed E-state index contributed by atoms with van der Waals surface area (Å²) < 4.78 is 15.8. The lowest BCUT2D eigenvalue weighted by Crippen LogP contribution is -2.49. The maximum atomic E-state index is 5.30. The van der Waals surface area contributed by atoms with E-state index in [-0.39, 0.29) is 11.7 Å². The summed E-state index contributed by atoms with van der Waals surface area (Å²) >= 11 is 0. The van der Waals surface area contributed by atoms with Gasteiger partial charge >= 0.3 is 0 Å². The van der Waals surface area contributed by atoms with Crippen molar-refractivity contribution in [1.29, 1.82) is 0 Å². The fourth-order valence-corrected chi connectivity index (χ4v) is 1.70. The molecule has 2 aliphatic heterocycles. The first kappa shape index (κ1) is 15.9. The Kier molecular flexibility index (Phi) is 4.85.